The molecule has 4 rings (SSSR count). The Kier molecular flexibility index (Phi) is 3.65. The van der Waals surface area contributed by atoms with E-state index in [9.17, 15) is 15.0 Å². The molecule has 5 heteroatoms. The highest BCUT2D eigenvalue weighted by atomic mass is 16.3. The molecule has 2 bridgehead atoms. The zero-order valence-corrected chi connectivity index (χ0v) is 13.5. The monoisotopic (exact) mass is 306 g/mol. The van der Waals surface area contributed by atoms with Gasteiger partial charge in [0.25, 0.3) is 0 Å². The maximum atomic E-state index is 12.6. The van der Waals surface area contributed by atoms with E-state index in [1.165, 1.54) is 16.6 Å². The number of rotatable bonds is 4. The Balaban J connectivity index is 1.72. The molecule has 3 aliphatic rings. The van der Waals surface area contributed by atoms with Gasteiger partial charge in [-0.05, 0) is 32.0 Å². The SMILES string of the molecule is CC(C)[N+]12CC[N+](CC(=O)c3ccc(O)c(O)c3)(CC1)CC2. The van der Waals surface area contributed by atoms with Crippen molar-refractivity contribution in [3.8, 4) is 11.5 Å². The predicted octanol–water partition coefficient (Wildman–Crippen LogP) is 1.35. The predicted molar refractivity (Wildman–Crippen MR) is 83.8 cm³/mol. The van der Waals surface area contributed by atoms with E-state index < -0.39 is 0 Å². The van der Waals surface area contributed by atoms with Crippen LogP contribution in [0.3, 0.4) is 0 Å². The summed E-state index contributed by atoms with van der Waals surface area (Å²) >= 11 is 0. The minimum atomic E-state index is -0.223. The first-order valence-corrected chi connectivity index (χ1v) is 8.12. The molecule has 0 aromatic heterocycles. The molecule has 0 aliphatic carbocycles. The third-order valence-electron chi connectivity index (χ3n) is 5.93. The summed E-state index contributed by atoms with van der Waals surface area (Å²) in [4.78, 5) is 12.6. The summed E-state index contributed by atoms with van der Waals surface area (Å²) < 4.78 is 2.08. The molecule has 0 saturated carbocycles. The number of quaternary nitrogens is 2. The second kappa shape index (κ2) is 5.25. The molecule has 5 nitrogen and oxygen atoms in total. The summed E-state index contributed by atoms with van der Waals surface area (Å²) in [7, 11) is 0. The number of ketones is 1. The lowest BCUT2D eigenvalue weighted by molar-refractivity contribution is -1.09. The smallest absolute Gasteiger partial charge is 0.217 e. The quantitative estimate of drug-likeness (QED) is 0.501. The summed E-state index contributed by atoms with van der Waals surface area (Å²) in [6.07, 6.45) is 0. The number of carbonyl (C=O) groups is 1. The van der Waals surface area contributed by atoms with Crippen LogP contribution in [0.25, 0.3) is 0 Å². The van der Waals surface area contributed by atoms with E-state index in [0.717, 1.165) is 43.8 Å². The minimum Gasteiger partial charge on any atom is -0.504 e. The second-order valence-electron chi connectivity index (χ2n) is 7.28. The lowest BCUT2D eigenvalue weighted by Gasteiger charge is -2.57. The average Bonchev–Trinajstić information content (AvgIpc) is 2.51. The van der Waals surface area contributed by atoms with Gasteiger partial charge in [-0.3, -0.25) is 4.79 Å². The molecular formula is C17H26N2O3+2. The van der Waals surface area contributed by atoms with Crippen LogP contribution in [0.4, 0.5) is 0 Å². The number of aromatic hydroxyl groups is 2. The first-order chi connectivity index (χ1) is 10.4. The topological polar surface area (TPSA) is 57.5 Å². The Morgan fingerprint density at radius 1 is 1.05 bits per heavy atom. The Morgan fingerprint density at radius 2 is 1.64 bits per heavy atom. The second-order valence-corrected chi connectivity index (χ2v) is 7.28. The summed E-state index contributed by atoms with van der Waals surface area (Å²) in [6.45, 7) is 11.8. The fraction of sp³-hybridized carbons (Fsp3) is 0.588. The molecule has 0 radical (unpaired) electrons. The maximum absolute atomic E-state index is 12.6. The van der Waals surface area contributed by atoms with Crippen LogP contribution in [0.2, 0.25) is 0 Å². The van der Waals surface area contributed by atoms with Crippen LogP contribution in [-0.2, 0) is 0 Å². The van der Waals surface area contributed by atoms with E-state index in [-0.39, 0.29) is 17.3 Å². The molecule has 3 heterocycles. The molecule has 0 spiro atoms. The molecule has 0 unspecified atom stereocenters. The highest BCUT2D eigenvalue weighted by molar-refractivity contribution is 5.97. The zero-order valence-electron chi connectivity index (χ0n) is 13.5. The number of nitrogens with zero attached hydrogens (tertiary/aromatic N) is 2. The van der Waals surface area contributed by atoms with E-state index in [4.69, 9.17) is 0 Å². The molecule has 3 fully saturated rings. The number of fused-ring (bicyclic) bond motifs is 3. The van der Waals surface area contributed by atoms with Crippen LogP contribution in [0, 0.1) is 0 Å². The molecule has 1 aromatic rings. The molecule has 3 aliphatic heterocycles. The highest BCUT2D eigenvalue weighted by Gasteiger charge is 2.50. The van der Waals surface area contributed by atoms with Gasteiger partial charge in [0.15, 0.2) is 11.5 Å². The molecule has 0 atom stereocenters. The highest BCUT2D eigenvalue weighted by Crippen LogP contribution is 2.30. The Morgan fingerprint density at radius 3 is 2.14 bits per heavy atom. The fourth-order valence-corrected chi connectivity index (χ4v) is 4.01. The molecule has 120 valence electrons. The maximum Gasteiger partial charge on any atom is 0.217 e. The van der Waals surface area contributed by atoms with Crippen molar-refractivity contribution in [2.45, 2.75) is 19.9 Å². The average molecular weight is 306 g/mol. The number of benzene rings is 1. The van der Waals surface area contributed by atoms with Gasteiger partial charge in [0, 0.05) is 5.56 Å². The van der Waals surface area contributed by atoms with Crippen molar-refractivity contribution in [3.05, 3.63) is 23.8 Å². The number of hydrogen-bond donors (Lipinski definition) is 2. The van der Waals surface area contributed by atoms with E-state index >= 15 is 0 Å². The molecule has 1 aromatic carbocycles. The lowest BCUT2D eigenvalue weighted by atomic mass is 10.0. The Bertz CT molecular complexity index is 573. The first kappa shape index (κ1) is 15.3. The van der Waals surface area contributed by atoms with Gasteiger partial charge in [-0.2, -0.15) is 0 Å². The normalized spacial score (nSPS) is 30.7. The molecule has 0 amide bonds. The van der Waals surface area contributed by atoms with Crippen LogP contribution in [0.15, 0.2) is 18.2 Å². The van der Waals surface area contributed by atoms with E-state index in [2.05, 4.69) is 13.8 Å². The van der Waals surface area contributed by atoms with Crippen LogP contribution in [0.5, 0.6) is 11.5 Å². The van der Waals surface area contributed by atoms with Gasteiger partial charge < -0.3 is 19.2 Å². The van der Waals surface area contributed by atoms with Crippen molar-refractivity contribution in [3.63, 3.8) is 0 Å². The van der Waals surface area contributed by atoms with Gasteiger partial charge >= 0.3 is 0 Å². The molecule has 2 N–H and O–H groups in total. The third-order valence-corrected chi connectivity index (χ3v) is 5.93. The number of carbonyl (C=O) groups excluding carboxylic acids is 1. The van der Waals surface area contributed by atoms with Gasteiger partial charge in [-0.25, -0.2) is 0 Å². The summed E-state index contributed by atoms with van der Waals surface area (Å²) in [5.41, 5.74) is 0.489. The number of phenols is 2. The largest absolute Gasteiger partial charge is 0.504 e. The summed E-state index contributed by atoms with van der Waals surface area (Å²) in [5, 5.41) is 18.9. The molecule has 22 heavy (non-hydrogen) atoms. The van der Waals surface area contributed by atoms with Crippen LogP contribution in [-0.4, -0.2) is 76.8 Å². The van der Waals surface area contributed by atoms with Gasteiger partial charge in [-0.1, -0.05) is 0 Å². The van der Waals surface area contributed by atoms with Crippen LogP contribution >= 0.6 is 0 Å². The van der Waals surface area contributed by atoms with Crippen molar-refractivity contribution in [1.82, 2.24) is 0 Å². The standard InChI is InChI=1S/C17H24N2O3/c1-13(2)19-8-5-18(6-9-19,7-10-19)12-17(22)14-3-4-15(20)16(21)11-14/h3-4,11,13H,5-10,12H2,1-2H3/p+2. The van der Waals surface area contributed by atoms with E-state index in [1.54, 1.807) is 6.07 Å². The Labute approximate surface area is 131 Å². The number of piperazine rings is 3. The first-order valence-electron chi connectivity index (χ1n) is 8.12. The number of Topliss-reactive ketones (excluding diaryl/α,β-unsaturated/α-hetero) is 1. The van der Waals surface area contributed by atoms with Gasteiger partial charge in [-0.15, -0.1) is 0 Å². The van der Waals surface area contributed by atoms with Crippen molar-refractivity contribution in [2.75, 3.05) is 45.8 Å². The molecular weight excluding hydrogens is 280 g/mol. The van der Waals surface area contributed by atoms with Crippen molar-refractivity contribution in [2.24, 2.45) is 0 Å². The van der Waals surface area contributed by atoms with Crippen LogP contribution < -0.4 is 0 Å². The fourth-order valence-electron chi connectivity index (χ4n) is 4.01. The molecule has 3 saturated heterocycles. The van der Waals surface area contributed by atoms with Gasteiger partial charge in [0.05, 0.1) is 6.04 Å². The van der Waals surface area contributed by atoms with Crippen LogP contribution in [0.1, 0.15) is 24.2 Å². The third kappa shape index (κ3) is 2.48. The van der Waals surface area contributed by atoms with Gasteiger partial charge in [0.2, 0.25) is 5.78 Å². The van der Waals surface area contributed by atoms with E-state index in [0.29, 0.717) is 18.2 Å². The van der Waals surface area contributed by atoms with Crippen molar-refractivity contribution in [1.29, 1.82) is 0 Å². The lowest BCUT2D eigenvalue weighted by Crippen LogP contribution is -2.77. The minimum absolute atomic E-state index is 0.0572. The van der Waals surface area contributed by atoms with Crippen molar-refractivity contribution < 1.29 is 24.0 Å². The number of hydrogen-bond acceptors (Lipinski definition) is 3. The van der Waals surface area contributed by atoms with Gasteiger partial charge in [0.1, 0.15) is 45.8 Å². The van der Waals surface area contributed by atoms with Crippen molar-refractivity contribution >= 4 is 5.78 Å². The summed E-state index contributed by atoms with van der Waals surface area (Å²) in [6, 6.07) is 5.01. The zero-order chi connectivity index (χ0) is 16.0. The summed E-state index contributed by atoms with van der Waals surface area (Å²) in [5.74, 6) is -0.348. The van der Waals surface area contributed by atoms with E-state index in [1.807, 2.05) is 0 Å². The Hall–Kier alpha value is -1.59. The number of phenolic OH excluding ortho intramolecular Hbond substituents is 2.